The predicted octanol–water partition coefficient (Wildman–Crippen LogP) is 4.16. The number of fused-ring (bicyclic) bond motifs is 3. The van der Waals surface area contributed by atoms with E-state index >= 15 is 0 Å². The summed E-state index contributed by atoms with van der Waals surface area (Å²) in [6.45, 7) is 0. The average molecular weight is 232 g/mol. The topological polar surface area (TPSA) is 13.1 Å². The van der Waals surface area contributed by atoms with Crippen molar-refractivity contribution in [3.05, 3.63) is 36.4 Å². The van der Waals surface area contributed by atoms with Crippen molar-refractivity contribution >= 4 is 47.2 Å². The molecule has 0 N–H and O–H groups in total. The van der Waals surface area contributed by atoms with Gasteiger partial charge in [-0.25, -0.2) is 0 Å². The molecule has 3 rings (SSSR count). The van der Waals surface area contributed by atoms with Crippen LogP contribution in [0.15, 0.2) is 50.6 Å². The van der Waals surface area contributed by atoms with Gasteiger partial charge in [0.2, 0.25) is 0 Å². The third kappa shape index (κ3) is 1.43. The third-order valence-electron chi connectivity index (χ3n) is 2.44. The Balaban J connectivity index is 2.55. The van der Waals surface area contributed by atoms with Crippen LogP contribution in [-0.4, -0.2) is 0 Å². The smallest absolute Gasteiger partial charge is 0.135 e. The monoisotopic (exact) mass is 232 g/mol. The number of benzene rings is 2. The lowest BCUT2D eigenvalue weighted by molar-refractivity contribution is 0.668. The molecule has 0 atom stereocenters. The summed E-state index contributed by atoms with van der Waals surface area (Å²) in [5.41, 5.74) is 1.78. The van der Waals surface area contributed by atoms with E-state index in [1.807, 2.05) is 36.4 Å². The number of hydrogen-bond donors (Lipinski definition) is 2. The molecule has 0 spiro atoms. The molecule has 0 aliphatic rings. The molecule has 1 heterocycles. The molecule has 0 saturated carbocycles. The average Bonchev–Trinajstić information content (AvgIpc) is 2.56. The normalized spacial score (nSPS) is 11.3. The number of hydrogen-bond acceptors (Lipinski definition) is 3. The molecule has 0 aliphatic carbocycles. The lowest BCUT2D eigenvalue weighted by Gasteiger charge is -1.92. The molecule has 2 aromatic carbocycles. The summed E-state index contributed by atoms with van der Waals surface area (Å²) in [7, 11) is 0. The van der Waals surface area contributed by atoms with Crippen LogP contribution in [0, 0.1) is 0 Å². The van der Waals surface area contributed by atoms with Gasteiger partial charge in [-0.05, 0) is 36.4 Å². The zero-order valence-electron chi connectivity index (χ0n) is 7.77. The molecule has 0 aliphatic heterocycles. The van der Waals surface area contributed by atoms with Crippen molar-refractivity contribution in [2.45, 2.75) is 9.79 Å². The zero-order valence-corrected chi connectivity index (χ0v) is 9.56. The van der Waals surface area contributed by atoms with Gasteiger partial charge in [0.15, 0.2) is 0 Å². The lowest BCUT2D eigenvalue weighted by atomic mass is 10.1. The van der Waals surface area contributed by atoms with E-state index in [0.717, 1.165) is 31.7 Å². The minimum absolute atomic E-state index is 0.890. The summed E-state index contributed by atoms with van der Waals surface area (Å²) >= 11 is 8.65. The Morgan fingerprint density at radius 2 is 1.20 bits per heavy atom. The summed E-state index contributed by atoms with van der Waals surface area (Å²) in [5, 5.41) is 2.18. The van der Waals surface area contributed by atoms with Crippen molar-refractivity contribution in [1.82, 2.24) is 0 Å². The van der Waals surface area contributed by atoms with Gasteiger partial charge >= 0.3 is 0 Å². The van der Waals surface area contributed by atoms with E-state index in [-0.39, 0.29) is 0 Å². The van der Waals surface area contributed by atoms with Crippen LogP contribution in [-0.2, 0) is 0 Å². The fourth-order valence-electron chi connectivity index (χ4n) is 1.75. The molecule has 3 heteroatoms. The SMILES string of the molecule is Sc1ccc2oc3ccc(S)cc3c2c1. The first-order valence-corrected chi connectivity index (χ1v) is 5.48. The van der Waals surface area contributed by atoms with Crippen LogP contribution >= 0.6 is 25.3 Å². The lowest BCUT2D eigenvalue weighted by Crippen LogP contribution is -1.68. The van der Waals surface area contributed by atoms with Crippen molar-refractivity contribution in [1.29, 1.82) is 0 Å². The first kappa shape index (κ1) is 9.19. The molecule has 0 unspecified atom stereocenters. The van der Waals surface area contributed by atoms with Crippen molar-refractivity contribution in [2.75, 3.05) is 0 Å². The van der Waals surface area contributed by atoms with Crippen LogP contribution in [0.25, 0.3) is 21.9 Å². The van der Waals surface area contributed by atoms with Gasteiger partial charge in [0.1, 0.15) is 11.2 Å². The highest BCUT2D eigenvalue weighted by atomic mass is 32.1. The fraction of sp³-hybridized carbons (Fsp3) is 0. The first-order chi connectivity index (χ1) is 7.24. The van der Waals surface area contributed by atoms with Gasteiger partial charge in [-0.3, -0.25) is 0 Å². The first-order valence-electron chi connectivity index (χ1n) is 4.58. The highest BCUT2D eigenvalue weighted by Gasteiger charge is 2.06. The summed E-state index contributed by atoms with van der Waals surface area (Å²) in [6, 6.07) is 11.8. The Kier molecular flexibility index (Phi) is 1.97. The van der Waals surface area contributed by atoms with E-state index in [2.05, 4.69) is 25.3 Å². The van der Waals surface area contributed by atoms with Gasteiger partial charge in [0.25, 0.3) is 0 Å². The van der Waals surface area contributed by atoms with Crippen LogP contribution < -0.4 is 0 Å². The van der Waals surface area contributed by atoms with Crippen LogP contribution in [0.1, 0.15) is 0 Å². The second-order valence-corrected chi connectivity index (χ2v) is 4.50. The van der Waals surface area contributed by atoms with Crippen LogP contribution in [0.3, 0.4) is 0 Å². The molecule has 74 valence electrons. The quantitative estimate of drug-likeness (QED) is 0.555. The van der Waals surface area contributed by atoms with Crippen LogP contribution in [0.2, 0.25) is 0 Å². The summed E-state index contributed by atoms with van der Waals surface area (Å²) < 4.78 is 5.69. The molecule has 0 bridgehead atoms. The molecule has 1 nitrogen and oxygen atoms in total. The number of thiol groups is 2. The molecule has 0 saturated heterocycles. The minimum Gasteiger partial charge on any atom is -0.456 e. The molecule has 0 radical (unpaired) electrons. The van der Waals surface area contributed by atoms with E-state index in [9.17, 15) is 0 Å². The number of furan rings is 1. The van der Waals surface area contributed by atoms with Crippen molar-refractivity contribution < 1.29 is 4.42 Å². The Labute approximate surface area is 97.9 Å². The summed E-state index contributed by atoms with van der Waals surface area (Å²) in [5.74, 6) is 0. The van der Waals surface area contributed by atoms with Crippen LogP contribution in [0.4, 0.5) is 0 Å². The molecule has 0 fully saturated rings. The maximum atomic E-state index is 5.69. The van der Waals surface area contributed by atoms with E-state index in [1.54, 1.807) is 0 Å². The second kappa shape index (κ2) is 3.22. The van der Waals surface area contributed by atoms with Gasteiger partial charge in [-0.15, -0.1) is 25.3 Å². The molecular weight excluding hydrogens is 224 g/mol. The molecule has 3 aromatic rings. The largest absolute Gasteiger partial charge is 0.456 e. The minimum atomic E-state index is 0.890. The van der Waals surface area contributed by atoms with E-state index in [0.29, 0.717) is 0 Å². The zero-order chi connectivity index (χ0) is 10.4. The molecule has 1 aromatic heterocycles. The van der Waals surface area contributed by atoms with Gasteiger partial charge in [-0.2, -0.15) is 0 Å². The summed E-state index contributed by atoms with van der Waals surface area (Å²) in [6.07, 6.45) is 0. The van der Waals surface area contributed by atoms with Gasteiger partial charge < -0.3 is 4.42 Å². The Bertz CT molecular complexity index is 599. The molecule has 0 amide bonds. The van der Waals surface area contributed by atoms with E-state index in [1.165, 1.54) is 0 Å². The predicted molar refractivity (Wildman–Crippen MR) is 68.2 cm³/mol. The molecule has 15 heavy (non-hydrogen) atoms. The van der Waals surface area contributed by atoms with Crippen molar-refractivity contribution in [3.8, 4) is 0 Å². The van der Waals surface area contributed by atoms with Gasteiger partial charge in [0, 0.05) is 20.6 Å². The maximum Gasteiger partial charge on any atom is 0.135 e. The Morgan fingerprint density at radius 1 is 0.733 bits per heavy atom. The van der Waals surface area contributed by atoms with E-state index < -0.39 is 0 Å². The fourth-order valence-corrected chi connectivity index (χ4v) is 2.16. The maximum absolute atomic E-state index is 5.69. The van der Waals surface area contributed by atoms with Crippen molar-refractivity contribution in [2.24, 2.45) is 0 Å². The highest BCUT2D eigenvalue weighted by Crippen LogP contribution is 2.31. The highest BCUT2D eigenvalue weighted by molar-refractivity contribution is 7.80. The summed E-state index contributed by atoms with van der Waals surface area (Å²) in [4.78, 5) is 1.88. The Morgan fingerprint density at radius 3 is 1.67 bits per heavy atom. The van der Waals surface area contributed by atoms with Crippen molar-refractivity contribution in [3.63, 3.8) is 0 Å². The van der Waals surface area contributed by atoms with Crippen LogP contribution in [0.5, 0.6) is 0 Å². The third-order valence-corrected chi connectivity index (χ3v) is 2.99. The molecular formula is C12H8OS2. The van der Waals surface area contributed by atoms with Gasteiger partial charge in [0.05, 0.1) is 0 Å². The van der Waals surface area contributed by atoms with E-state index in [4.69, 9.17) is 4.42 Å². The van der Waals surface area contributed by atoms with Gasteiger partial charge in [-0.1, -0.05) is 0 Å². The standard InChI is InChI=1S/C12H8OS2/c14-7-1-3-11-9(5-7)10-6-8(15)2-4-12(10)13-11/h1-6,14-15H. The second-order valence-electron chi connectivity index (χ2n) is 3.46. The Hall–Kier alpha value is -1.06. The number of rotatable bonds is 0.